The largest absolute Gasteiger partial charge is 0.496 e. The normalized spacial score (nSPS) is 12.3. The Labute approximate surface area is 137 Å². The number of rotatable bonds is 4. The highest BCUT2D eigenvalue weighted by Crippen LogP contribution is 2.35. The average molecular weight is 400 g/mol. The highest BCUT2D eigenvalue weighted by atomic mass is 127. The summed E-state index contributed by atoms with van der Waals surface area (Å²) in [6.45, 7) is 4.04. The van der Waals surface area contributed by atoms with Crippen LogP contribution in [0, 0.1) is 23.2 Å². The van der Waals surface area contributed by atoms with Gasteiger partial charge in [0.2, 0.25) is 0 Å². The molecule has 0 aromatic heterocycles. The van der Waals surface area contributed by atoms with E-state index in [1.54, 1.807) is 13.2 Å². The van der Waals surface area contributed by atoms with Gasteiger partial charge in [0.15, 0.2) is 0 Å². The predicted molar refractivity (Wildman–Crippen MR) is 90.8 cm³/mol. The maximum absolute atomic E-state index is 13.3. The second-order valence-electron chi connectivity index (χ2n) is 4.96. The minimum Gasteiger partial charge on any atom is -0.496 e. The second-order valence-corrected chi connectivity index (χ2v) is 6.13. The molecule has 0 aliphatic heterocycles. The number of aryl methyl sites for hydroxylation is 2. The van der Waals surface area contributed by atoms with Crippen LogP contribution in [0.5, 0.6) is 5.75 Å². The van der Waals surface area contributed by atoms with E-state index >= 15 is 0 Å². The summed E-state index contributed by atoms with van der Waals surface area (Å²) >= 11 is 2.12. The molecule has 3 nitrogen and oxygen atoms in total. The van der Waals surface area contributed by atoms with Gasteiger partial charge in [-0.05, 0) is 71.3 Å². The molecule has 1 unspecified atom stereocenters. The van der Waals surface area contributed by atoms with E-state index in [4.69, 9.17) is 10.6 Å². The molecule has 112 valence electrons. The minimum absolute atomic E-state index is 0.256. The third kappa shape index (κ3) is 3.36. The zero-order chi connectivity index (χ0) is 15.6. The van der Waals surface area contributed by atoms with Gasteiger partial charge in [-0.25, -0.2) is 9.82 Å². The molecule has 0 heterocycles. The van der Waals surface area contributed by atoms with E-state index in [1.807, 2.05) is 19.9 Å². The first-order chi connectivity index (χ1) is 9.97. The van der Waals surface area contributed by atoms with Crippen molar-refractivity contribution >= 4 is 22.6 Å². The van der Waals surface area contributed by atoms with Crippen molar-refractivity contribution in [1.82, 2.24) is 5.43 Å². The van der Waals surface area contributed by atoms with E-state index < -0.39 is 0 Å². The zero-order valence-corrected chi connectivity index (χ0v) is 14.4. The Morgan fingerprint density at radius 2 is 1.95 bits per heavy atom. The van der Waals surface area contributed by atoms with Crippen LogP contribution in [0.15, 0.2) is 30.3 Å². The van der Waals surface area contributed by atoms with Crippen LogP contribution in [0.3, 0.4) is 0 Å². The molecule has 2 aromatic rings. The van der Waals surface area contributed by atoms with E-state index in [1.165, 1.54) is 12.1 Å². The molecule has 0 aliphatic rings. The summed E-state index contributed by atoms with van der Waals surface area (Å²) in [7, 11) is 1.64. The Morgan fingerprint density at radius 1 is 1.24 bits per heavy atom. The molecule has 3 N–H and O–H groups in total. The Kier molecular flexibility index (Phi) is 5.18. The van der Waals surface area contributed by atoms with E-state index in [9.17, 15) is 4.39 Å². The van der Waals surface area contributed by atoms with Gasteiger partial charge in [0.05, 0.1) is 13.2 Å². The van der Waals surface area contributed by atoms with E-state index in [-0.39, 0.29) is 11.9 Å². The minimum atomic E-state index is -0.258. The highest BCUT2D eigenvalue weighted by Gasteiger charge is 2.22. The van der Waals surface area contributed by atoms with Gasteiger partial charge in [-0.3, -0.25) is 5.84 Å². The third-order valence-electron chi connectivity index (χ3n) is 3.44. The molecular weight excluding hydrogens is 382 g/mol. The van der Waals surface area contributed by atoms with Crippen LogP contribution in [-0.4, -0.2) is 7.11 Å². The van der Waals surface area contributed by atoms with E-state index in [0.29, 0.717) is 0 Å². The van der Waals surface area contributed by atoms with Crippen LogP contribution >= 0.6 is 22.6 Å². The average Bonchev–Trinajstić information content (AvgIpc) is 2.42. The highest BCUT2D eigenvalue weighted by molar-refractivity contribution is 14.1. The van der Waals surface area contributed by atoms with Gasteiger partial charge >= 0.3 is 0 Å². The molecule has 0 radical (unpaired) electrons. The number of hydrogen-bond acceptors (Lipinski definition) is 3. The van der Waals surface area contributed by atoms with Crippen molar-refractivity contribution in [3.63, 3.8) is 0 Å². The molecule has 0 bridgehead atoms. The summed E-state index contributed by atoms with van der Waals surface area (Å²) in [5, 5.41) is 0. The summed E-state index contributed by atoms with van der Waals surface area (Å²) in [5.41, 5.74) is 6.91. The summed E-state index contributed by atoms with van der Waals surface area (Å²) in [4.78, 5) is 0. The number of ether oxygens (including phenoxy) is 1. The number of hydrazine groups is 1. The van der Waals surface area contributed by atoms with Crippen LogP contribution < -0.4 is 16.0 Å². The van der Waals surface area contributed by atoms with Gasteiger partial charge in [-0.15, -0.1) is 0 Å². The van der Waals surface area contributed by atoms with Gasteiger partial charge in [0.25, 0.3) is 0 Å². The Bertz CT molecular complexity index is 661. The summed E-state index contributed by atoms with van der Waals surface area (Å²) in [5.74, 6) is 6.29. The molecule has 0 amide bonds. The molecule has 0 saturated heterocycles. The quantitative estimate of drug-likeness (QED) is 0.469. The number of nitrogens with one attached hydrogen (secondary N) is 1. The van der Waals surface area contributed by atoms with Crippen molar-refractivity contribution in [1.29, 1.82) is 0 Å². The molecule has 2 rings (SSSR count). The van der Waals surface area contributed by atoms with Gasteiger partial charge in [-0.2, -0.15) is 0 Å². The van der Waals surface area contributed by atoms with Gasteiger partial charge in [-0.1, -0.05) is 12.1 Å². The summed E-state index contributed by atoms with van der Waals surface area (Å²) in [6, 6.07) is 8.49. The van der Waals surface area contributed by atoms with Gasteiger partial charge in [0.1, 0.15) is 11.6 Å². The molecule has 21 heavy (non-hydrogen) atoms. The zero-order valence-electron chi connectivity index (χ0n) is 12.2. The first-order valence-electron chi connectivity index (χ1n) is 6.54. The van der Waals surface area contributed by atoms with Gasteiger partial charge in [0, 0.05) is 9.13 Å². The predicted octanol–water partition coefficient (Wildman–Crippen LogP) is 3.61. The smallest absolute Gasteiger partial charge is 0.124 e. The van der Waals surface area contributed by atoms with Crippen molar-refractivity contribution in [2.75, 3.05) is 7.11 Å². The van der Waals surface area contributed by atoms with E-state index in [0.717, 1.165) is 31.6 Å². The number of halogens is 2. The topological polar surface area (TPSA) is 47.3 Å². The van der Waals surface area contributed by atoms with Crippen LogP contribution in [0.2, 0.25) is 0 Å². The molecule has 1 atom stereocenters. The fourth-order valence-electron chi connectivity index (χ4n) is 2.54. The maximum Gasteiger partial charge on any atom is 0.124 e. The number of methoxy groups -OCH3 is 1. The van der Waals surface area contributed by atoms with Crippen molar-refractivity contribution in [2.24, 2.45) is 5.84 Å². The van der Waals surface area contributed by atoms with Crippen LogP contribution in [0.4, 0.5) is 4.39 Å². The second kappa shape index (κ2) is 6.72. The first kappa shape index (κ1) is 16.2. The molecule has 0 spiro atoms. The molecular formula is C16H18FIN2O. The molecule has 5 heteroatoms. The maximum atomic E-state index is 13.3. The number of hydrogen-bond donors (Lipinski definition) is 2. The Balaban J connectivity index is 2.61. The van der Waals surface area contributed by atoms with Crippen molar-refractivity contribution < 1.29 is 9.13 Å². The lowest BCUT2D eigenvalue weighted by molar-refractivity contribution is 0.403. The summed E-state index contributed by atoms with van der Waals surface area (Å²) in [6.07, 6.45) is 0. The lowest BCUT2D eigenvalue weighted by Gasteiger charge is -2.23. The van der Waals surface area contributed by atoms with Crippen LogP contribution in [-0.2, 0) is 0 Å². The SMILES string of the molecule is COc1cc(C)cc(C)c1C(NN)c1ccc(F)cc1I. The lowest BCUT2D eigenvalue weighted by Crippen LogP contribution is -2.30. The van der Waals surface area contributed by atoms with E-state index in [2.05, 4.69) is 34.1 Å². The molecule has 0 aliphatic carbocycles. The number of nitrogens with two attached hydrogens (primary N) is 1. The molecule has 0 saturated carbocycles. The fourth-order valence-corrected chi connectivity index (χ4v) is 3.33. The third-order valence-corrected chi connectivity index (χ3v) is 4.38. The summed E-state index contributed by atoms with van der Waals surface area (Å²) < 4.78 is 19.6. The van der Waals surface area contributed by atoms with Crippen molar-refractivity contribution in [2.45, 2.75) is 19.9 Å². The molecule has 0 fully saturated rings. The van der Waals surface area contributed by atoms with Crippen LogP contribution in [0.25, 0.3) is 0 Å². The molecule has 2 aromatic carbocycles. The lowest BCUT2D eigenvalue weighted by atomic mass is 9.93. The van der Waals surface area contributed by atoms with Gasteiger partial charge < -0.3 is 4.74 Å². The standard InChI is InChI=1S/C16H18FIN2O/c1-9-6-10(2)15(14(7-9)21-3)16(20-19)12-5-4-11(17)8-13(12)18/h4-8,16,20H,19H2,1-3H3. The number of benzene rings is 2. The monoisotopic (exact) mass is 400 g/mol. The van der Waals surface area contributed by atoms with Crippen molar-refractivity contribution in [3.8, 4) is 5.75 Å². The van der Waals surface area contributed by atoms with Crippen LogP contribution in [0.1, 0.15) is 28.3 Å². The Hall–Kier alpha value is -1.18. The first-order valence-corrected chi connectivity index (χ1v) is 7.62. The fraction of sp³-hybridized carbons (Fsp3) is 0.250. The van der Waals surface area contributed by atoms with Crippen molar-refractivity contribution in [3.05, 3.63) is 62.0 Å². The Morgan fingerprint density at radius 3 is 2.52 bits per heavy atom.